The predicted molar refractivity (Wildman–Crippen MR) is 66.7 cm³/mol. The highest BCUT2D eigenvalue weighted by atomic mass is 19.4. The van der Waals surface area contributed by atoms with Gasteiger partial charge in [0.25, 0.3) is 5.91 Å². The summed E-state index contributed by atoms with van der Waals surface area (Å²) >= 11 is 0. The van der Waals surface area contributed by atoms with E-state index in [1.807, 2.05) is 0 Å². The molecule has 20 heavy (non-hydrogen) atoms. The van der Waals surface area contributed by atoms with Gasteiger partial charge in [0.2, 0.25) is 0 Å². The van der Waals surface area contributed by atoms with Crippen LogP contribution in [-0.2, 0) is 6.42 Å². The molecule has 0 atom stereocenters. The summed E-state index contributed by atoms with van der Waals surface area (Å²) in [6.45, 7) is 0.560. The number of nitrogens with one attached hydrogen (secondary N) is 1. The van der Waals surface area contributed by atoms with E-state index in [9.17, 15) is 22.8 Å². The quantitative estimate of drug-likeness (QED) is 0.868. The molecule has 1 aliphatic rings. The Labute approximate surface area is 114 Å². The lowest BCUT2D eigenvalue weighted by Gasteiger charge is -2.08. The molecule has 1 amide bonds. The van der Waals surface area contributed by atoms with Crippen LogP contribution in [0.3, 0.4) is 0 Å². The minimum Gasteiger partial charge on any atom is -0.352 e. The number of Topliss-reactive ketones (excluding diaryl/α,β-unsaturated/α-hetero) is 1. The third-order valence-corrected chi connectivity index (χ3v) is 3.22. The molecule has 108 valence electrons. The Balaban J connectivity index is 2.18. The Morgan fingerprint density at radius 1 is 1.30 bits per heavy atom. The number of alkyl halides is 3. The van der Waals surface area contributed by atoms with Crippen LogP contribution in [0.5, 0.6) is 0 Å². The third-order valence-electron chi connectivity index (χ3n) is 3.22. The summed E-state index contributed by atoms with van der Waals surface area (Å²) < 4.78 is 36.3. The van der Waals surface area contributed by atoms with E-state index in [2.05, 4.69) is 5.32 Å². The van der Waals surface area contributed by atoms with Crippen molar-refractivity contribution in [2.45, 2.75) is 31.9 Å². The minimum atomic E-state index is -4.35. The maximum atomic E-state index is 12.1. The van der Waals surface area contributed by atoms with Crippen LogP contribution in [0, 0.1) is 0 Å². The van der Waals surface area contributed by atoms with Gasteiger partial charge in [-0.25, -0.2) is 0 Å². The van der Waals surface area contributed by atoms with Crippen molar-refractivity contribution >= 4 is 11.7 Å². The zero-order valence-electron chi connectivity index (χ0n) is 10.7. The summed E-state index contributed by atoms with van der Waals surface area (Å²) in [5.41, 5.74) is 1.37. The SMILES string of the molecule is O=C(CCC(F)(F)F)c1ccc2c(c1)C(=O)NCCC2. The molecular formula is C14H14F3NO2. The van der Waals surface area contributed by atoms with Crippen LogP contribution in [-0.4, -0.2) is 24.4 Å². The zero-order valence-corrected chi connectivity index (χ0v) is 10.7. The Morgan fingerprint density at radius 2 is 2.05 bits per heavy atom. The van der Waals surface area contributed by atoms with Crippen molar-refractivity contribution in [3.63, 3.8) is 0 Å². The smallest absolute Gasteiger partial charge is 0.352 e. The summed E-state index contributed by atoms with van der Waals surface area (Å²) in [7, 11) is 0. The molecule has 0 unspecified atom stereocenters. The number of rotatable bonds is 3. The lowest BCUT2D eigenvalue weighted by atomic mass is 9.97. The molecule has 0 fully saturated rings. The number of hydrogen-bond donors (Lipinski definition) is 1. The second kappa shape index (κ2) is 5.64. The summed E-state index contributed by atoms with van der Waals surface area (Å²) in [4.78, 5) is 23.5. The van der Waals surface area contributed by atoms with Gasteiger partial charge in [-0.3, -0.25) is 9.59 Å². The first kappa shape index (κ1) is 14.6. The van der Waals surface area contributed by atoms with Crippen molar-refractivity contribution in [1.29, 1.82) is 0 Å². The van der Waals surface area contributed by atoms with Gasteiger partial charge < -0.3 is 5.32 Å². The molecule has 0 aliphatic carbocycles. The van der Waals surface area contributed by atoms with Crippen LogP contribution in [0.4, 0.5) is 13.2 Å². The van der Waals surface area contributed by atoms with Crippen molar-refractivity contribution in [1.82, 2.24) is 5.32 Å². The van der Waals surface area contributed by atoms with Gasteiger partial charge in [-0.1, -0.05) is 12.1 Å². The maximum absolute atomic E-state index is 12.1. The summed E-state index contributed by atoms with van der Waals surface area (Å²) in [5.74, 6) is -0.870. The first-order chi connectivity index (χ1) is 9.37. The van der Waals surface area contributed by atoms with Crippen LogP contribution < -0.4 is 5.32 Å². The fraction of sp³-hybridized carbons (Fsp3) is 0.429. The molecule has 0 radical (unpaired) electrons. The topological polar surface area (TPSA) is 46.2 Å². The average Bonchev–Trinajstić information content (AvgIpc) is 2.57. The highest BCUT2D eigenvalue weighted by Gasteiger charge is 2.28. The van der Waals surface area contributed by atoms with Gasteiger partial charge in [0.05, 0.1) is 6.42 Å². The molecule has 1 N–H and O–H groups in total. The molecule has 0 spiro atoms. The number of carbonyl (C=O) groups is 2. The van der Waals surface area contributed by atoms with E-state index in [0.29, 0.717) is 18.5 Å². The van der Waals surface area contributed by atoms with E-state index in [4.69, 9.17) is 0 Å². The van der Waals surface area contributed by atoms with Crippen LogP contribution >= 0.6 is 0 Å². The molecule has 1 aliphatic heterocycles. The second-order valence-electron chi connectivity index (χ2n) is 4.77. The number of halogens is 3. The number of aryl methyl sites for hydroxylation is 1. The summed E-state index contributed by atoms with van der Waals surface area (Å²) in [6, 6.07) is 4.55. The van der Waals surface area contributed by atoms with E-state index < -0.39 is 24.8 Å². The number of amides is 1. The van der Waals surface area contributed by atoms with Gasteiger partial charge in [0, 0.05) is 24.1 Å². The fourth-order valence-corrected chi connectivity index (χ4v) is 2.15. The fourth-order valence-electron chi connectivity index (χ4n) is 2.15. The summed E-state index contributed by atoms with van der Waals surface area (Å²) in [5, 5.41) is 2.69. The van der Waals surface area contributed by atoms with Crippen LogP contribution in [0.15, 0.2) is 18.2 Å². The molecule has 6 heteroatoms. The lowest BCUT2D eigenvalue weighted by Crippen LogP contribution is -2.23. The highest BCUT2D eigenvalue weighted by Crippen LogP contribution is 2.23. The maximum Gasteiger partial charge on any atom is 0.389 e. The van der Waals surface area contributed by atoms with E-state index in [0.717, 1.165) is 12.0 Å². The molecule has 1 heterocycles. The van der Waals surface area contributed by atoms with Crippen LogP contribution in [0.2, 0.25) is 0 Å². The number of hydrogen-bond acceptors (Lipinski definition) is 2. The molecule has 1 aromatic carbocycles. The van der Waals surface area contributed by atoms with E-state index in [-0.39, 0.29) is 11.5 Å². The Kier molecular flexibility index (Phi) is 4.11. The van der Waals surface area contributed by atoms with Crippen molar-refractivity contribution in [3.8, 4) is 0 Å². The largest absolute Gasteiger partial charge is 0.389 e. The van der Waals surface area contributed by atoms with Gasteiger partial charge in [0.1, 0.15) is 0 Å². The Morgan fingerprint density at radius 3 is 2.75 bits per heavy atom. The predicted octanol–water partition coefficient (Wildman–Crippen LogP) is 2.89. The van der Waals surface area contributed by atoms with Gasteiger partial charge in [0.15, 0.2) is 5.78 Å². The minimum absolute atomic E-state index is 0.157. The first-order valence-corrected chi connectivity index (χ1v) is 6.38. The molecule has 2 rings (SSSR count). The van der Waals surface area contributed by atoms with Crippen LogP contribution in [0.25, 0.3) is 0 Å². The molecular weight excluding hydrogens is 271 g/mol. The number of ketones is 1. The van der Waals surface area contributed by atoms with Gasteiger partial charge in [-0.15, -0.1) is 0 Å². The monoisotopic (exact) mass is 285 g/mol. The molecule has 0 saturated heterocycles. The van der Waals surface area contributed by atoms with Crippen LogP contribution in [0.1, 0.15) is 45.5 Å². The van der Waals surface area contributed by atoms with Crippen molar-refractivity contribution in [2.75, 3.05) is 6.54 Å². The third kappa shape index (κ3) is 3.59. The zero-order chi connectivity index (χ0) is 14.8. The van der Waals surface area contributed by atoms with Crippen molar-refractivity contribution in [3.05, 3.63) is 34.9 Å². The molecule has 0 aromatic heterocycles. The highest BCUT2D eigenvalue weighted by molar-refractivity contribution is 6.01. The van der Waals surface area contributed by atoms with Crippen molar-refractivity contribution in [2.24, 2.45) is 0 Å². The summed E-state index contributed by atoms with van der Waals surface area (Å²) in [6.07, 6.45) is -4.57. The molecule has 0 saturated carbocycles. The normalized spacial score (nSPS) is 15.2. The molecule has 3 nitrogen and oxygen atoms in total. The standard InChI is InChI=1S/C14H14F3NO2/c15-14(16,17)6-5-12(19)10-4-3-9-2-1-7-18-13(20)11(9)8-10/h3-4,8H,1-2,5-7H2,(H,18,20). The van der Waals surface area contributed by atoms with E-state index in [1.54, 1.807) is 6.07 Å². The van der Waals surface area contributed by atoms with E-state index in [1.165, 1.54) is 12.1 Å². The first-order valence-electron chi connectivity index (χ1n) is 6.38. The van der Waals surface area contributed by atoms with Gasteiger partial charge >= 0.3 is 6.18 Å². The number of fused-ring (bicyclic) bond motifs is 1. The van der Waals surface area contributed by atoms with E-state index >= 15 is 0 Å². The van der Waals surface area contributed by atoms with Gasteiger partial charge in [-0.2, -0.15) is 13.2 Å². The molecule has 1 aromatic rings. The average molecular weight is 285 g/mol. The lowest BCUT2D eigenvalue weighted by molar-refractivity contribution is -0.133. The Hall–Kier alpha value is -1.85. The number of benzene rings is 1. The second-order valence-corrected chi connectivity index (χ2v) is 4.77. The van der Waals surface area contributed by atoms with Gasteiger partial charge in [-0.05, 0) is 24.5 Å². The Bertz CT molecular complexity index is 538. The number of carbonyl (C=O) groups excluding carboxylic acids is 2. The van der Waals surface area contributed by atoms with Crippen molar-refractivity contribution < 1.29 is 22.8 Å². The molecule has 0 bridgehead atoms.